The molecule has 0 saturated heterocycles. The highest BCUT2D eigenvalue weighted by Crippen LogP contribution is 2.39. The number of nitrogens with zero attached hydrogens (tertiary/aromatic N) is 3. The lowest BCUT2D eigenvalue weighted by atomic mass is 9.77. The lowest BCUT2D eigenvalue weighted by molar-refractivity contribution is 0.446. The summed E-state index contributed by atoms with van der Waals surface area (Å²) in [6.45, 7) is 4.18. The maximum atomic E-state index is 11.0. The van der Waals surface area contributed by atoms with E-state index in [1.54, 1.807) is 18.2 Å². The molecule has 1 heterocycles. The van der Waals surface area contributed by atoms with E-state index in [1.807, 2.05) is 36.4 Å². The first-order chi connectivity index (χ1) is 12.5. The van der Waals surface area contributed by atoms with Gasteiger partial charge in [-0.2, -0.15) is 0 Å². The van der Waals surface area contributed by atoms with Gasteiger partial charge in [0.2, 0.25) is 0 Å². The third-order valence-corrected chi connectivity index (χ3v) is 4.98. The van der Waals surface area contributed by atoms with E-state index in [4.69, 9.17) is 11.6 Å². The van der Waals surface area contributed by atoms with Crippen molar-refractivity contribution < 1.29 is 5.11 Å². The molecule has 0 bridgehead atoms. The van der Waals surface area contributed by atoms with E-state index in [0.29, 0.717) is 16.2 Å². The standard InChI is InChI=1S/C21H18ClN3O/c1-21(2,14-7-4-3-5-8-14)16-9-6-10-19(20(16)26)25-23-17-12-11-15(22)13-18(17)24-25/h3-13,26H,1-2H3. The van der Waals surface area contributed by atoms with Gasteiger partial charge in [0, 0.05) is 16.0 Å². The van der Waals surface area contributed by atoms with Crippen LogP contribution in [0.1, 0.15) is 25.0 Å². The normalized spacial score (nSPS) is 11.8. The fourth-order valence-electron chi connectivity index (χ4n) is 3.20. The van der Waals surface area contributed by atoms with E-state index >= 15 is 0 Å². The van der Waals surface area contributed by atoms with Crippen molar-refractivity contribution in [3.05, 3.63) is 82.9 Å². The van der Waals surface area contributed by atoms with Crippen LogP contribution in [0.15, 0.2) is 66.7 Å². The highest BCUT2D eigenvalue weighted by molar-refractivity contribution is 6.31. The number of fused-ring (bicyclic) bond motifs is 1. The first-order valence-electron chi connectivity index (χ1n) is 8.38. The van der Waals surface area contributed by atoms with Gasteiger partial charge in [-0.15, -0.1) is 15.0 Å². The Morgan fingerprint density at radius 1 is 0.885 bits per heavy atom. The second kappa shape index (κ2) is 6.15. The Hall–Kier alpha value is -2.85. The Kier molecular flexibility index (Phi) is 3.93. The third-order valence-electron chi connectivity index (χ3n) is 4.74. The Labute approximate surface area is 156 Å². The first-order valence-corrected chi connectivity index (χ1v) is 8.75. The molecule has 1 aromatic heterocycles. The molecule has 0 fully saturated rings. The molecule has 0 unspecified atom stereocenters. The predicted octanol–water partition coefficient (Wildman–Crippen LogP) is 5.11. The molecule has 0 atom stereocenters. The van der Waals surface area contributed by atoms with Gasteiger partial charge in [-0.05, 0) is 29.8 Å². The van der Waals surface area contributed by atoms with Crippen molar-refractivity contribution in [1.29, 1.82) is 0 Å². The molecule has 1 N–H and O–H groups in total. The molecular weight excluding hydrogens is 346 g/mol. The highest BCUT2D eigenvalue weighted by Gasteiger charge is 2.27. The van der Waals surface area contributed by atoms with Crippen molar-refractivity contribution in [2.24, 2.45) is 0 Å². The zero-order valence-electron chi connectivity index (χ0n) is 14.5. The van der Waals surface area contributed by atoms with Crippen LogP contribution in [0.25, 0.3) is 16.7 Å². The Bertz CT molecular complexity index is 1090. The van der Waals surface area contributed by atoms with Crippen LogP contribution in [-0.2, 0) is 5.41 Å². The summed E-state index contributed by atoms with van der Waals surface area (Å²) in [6.07, 6.45) is 0. The minimum Gasteiger partial charge on any atom is -0.505 e. The van der Waals surface area contributed by atoms with Crippen molar-refractivity contribution in [2.75, 3.05) is 0 Å². The van der Waals surface area contributed by atoms with Crippen LogP contribution in [0, 0.1) is 0 Å². The van der Waals surface area contributed by atoms with E-state index < -0.39 is 0 Å². The Morgan fingerprint density at radius 2 is 1.62 bits per heavy atom. The highest BCUT2D eigenvalue weighted by atomic mass is 35.5. The summed E-state index contributed by atoms with van der Waals surface area (Å²) < 4.78 is 0. The summed E-state index contributed by atoms with van der Waals surface area (Å²) in [6, 6.07) is 21.1. The molecule has 3 aromatic carbocycles. The maximum absolute atomic E-state index is 11.0. The van der Waals surface area contributed by atoms with Crippen LogP contribution < -0.4 is 0 Å². The fraction of sp³-hybridized carbons (Fsp3) is 0.143. The lowest BCUT2D eigenvalue weighted by Crippen LogP contribution is -2.19. The summed E-state index contributed by atoms with van der Waals surface area (Å²) >= 11 is 6.03. The number of halogens is 1. The van der Waals surface area contributed by atoms with Gasteiger partial charge in [0.05, 0.1) is 0 Å². The van der Waals surface area contributed by atoms with Crippen molar-refractivity contribution in [2.45, 2.75) is 19.3 Å². The second-order valence-electron chi connectivity index (χ2n) is 6.79. The molecule has 26 heavy (non-hydrogen) atoms. The van der Waals surface area contributed by atoms with Crippen molar-refractivity contribution in [1.82, 2.24) is 15.0 Å². The lowest BCUT2D eigenvalue weighted by Gasteiger charge is -2.27. The Balaban J connectivity index is 1.85. The second-order valence-corrected chi connectivity index (χ2v) is 7.22. The molecule has 0 spiro atoms. The molecule has 0 aliphatic heterocycles. The van der Waals surface area contributed by atoms with E-state index in [2.05, 4.69) is 36.2 Å². The van der Waals surface area contributed by atoms with E-state index in [-0.39, 0.29) is 11.2 Å². The number of benzene rings is 3. The monoisotopic (exact) mass is 363 g/mol. The summed E-state index contributed by atoms with van der Waals surface area (Å²) in [5.74, 6) is 0.174. The number of aromatic hydroxyl groups is 1. The minimum absolute atomic E-state index is 0.174. The molecule has 4 aromatic rings. The smallest absolute Gasteiger partial charge is 0.147 e. The number of rotatable bonds is 3. The van der Waals surface area contributed by atoms with E-state index in [1.165, 1.54) is 4.80 Å². The summed E-state index contributed by atoms with van der Waals surface area (Å²) in [5, 5.41) is 20.5. The average molecular weight is 364 g/mol. The molecule has 0 saturated carbocycles. The van der Waals surface area contributed by atoms with Crippen LogP contribution >= 0.6 is 11.6 Å². The van der Waals surface area contributed by atoms with Gasteiger partial charge >= 0.3 is 0 Å². The summed E-state index contributed by atoms with van der Waals surface area (Å²) in [5.41, 5.74) is 3.53. The van der Waals surface area contributed by atoms with Crippen molar-refractivity contribution in [3.63, 3.8) is 0 Å². The summed E-state index contributed by atoms with van der Waals surface area (Å²) in [7, 11) is 0. The van der Waals surface area contributed by atoms with Crippen molar-refractivity contribution >= 4 is 22.6 Å². The molecule has 0 radical (unpaired) electrons. The molecule has 4 nitrogen and oxygen atoms in total. The van der Waals surface area contributed by atoms with Crippen molar-refractivity contribution in [3.8, 4) is 11.4 Å². The zero-order valence-corrected chi connectivity index (χ0v) is 15.3. The van der Waals surface area contributed by atoms with E-state index in [0.717, 1.165) is 16.6 Å². The predicted molar refractivity (Wildman–Crippen MR) is 104 cm³/mol. The average Bonchev–Trinajstić information content (AvgIpc) is 3.05. The van der Waals surface area contributed by atoms with Gasteiger partial charge in [0.1, 0.15) is 22.5 Å². The number of phenolic OH excluding ortho intramolecular Hbond substituents is 1. The number of phenols is 1. The van der Waals surface area contributed by atoms with Gasteiger partial charge in [-0.25, -0.2) is 0 Å². The van der Waals surface area contributed by atoms with E-state index in [9.17, 15) is 5.11 Å². The molecule has 0 aliphatic rings. The zero-order chi connectivity index (χ0) is 18.3. The minimum atomic E-state index is -0.364. The number of para-hydroxylation sites is 1. The van der Waals surface area contributed by atoms with Crippen LogP contribution in [0.2, 0.25) is 5.02 Å². The van der Waals surface area contributed by atoms with Crippen LogP contribution in [0.5, 0.6) is 5.75 Å². The van der Waals surface area contributed by atoms with Crippen LogP contribution in [-0.4, -0.2) is 20.1 Å². The van der Waals surface area contributed by atoms with Gasteiger partial charge in [-0.1, -0.05) is 67.9 Å². The number of aromatic nitrogens is 3. The topological polar surface area (TPSA) is 50.9 Å². The SMILES string of the molecule is CC(C)(c1ccccc1)c1cccc(-n2nc3ccc(Cl)cc3n2)c1O. The Morgan fingerprint density at radius 3 is 2.38 bits per heavy atom. The molecule has 4 rings (SSSR count). The quantitative estimate of drug-likeness (QED) is 0.550. The maximum Gasteiger partial charge on any atom is 0.147 e. The van der Waals surface area contributed by atoms with Gasteiger partial charge in [-0.3, -0.25) is 0 Å². The van der Waals surface area contributed by atoms with Gasteiger partial charge in [0.25, 0.3) is 0 Å². The van der Waals surface area contributed by atoms with Crippen LogP contribution in [0.3, 0.4) is 0 Å². The molecule has 0 aliphatic carbocycles. The van der Waals surface area contributed by atoms with Gasteiger partial charge < -0.3 is 5.11 Å². The number of hydrogen-bond acceptors (Lipinski definition) is 3. The molecule has 5 heteroatoms. The van der Waals surface area contributed by atoms with Crippen LogP contribution in [0.4, 0.5) is 0 Å². The third kappa shape index (κ3) is 2.72. The first kappa shape index (κ1) is 16.6. The largest absolute Gasteiger partial charge is 0.505 e. The number of hydrogen-bond donors (Lipinski definition) is 1. The molecule has 130 valence electrons. The molecule has 0 amide bonds. The summed E-state index contributed by atoms with van der Waals surface area (Å²) in [4.78, 5) is 1.46. The fourth-order valence-corrected chi connectivity index (χ4v) is 3.37. The molecular formula is C21H18ClN3O. The van der Waals surface area contributed by atoms with Gasteiger partial charge in [0.15, 0.2) is 0 Å².